The summed E-state index contributed by atoms with van der Waals surface area (Å²) in [5.74, 6) is -0.135. The summed E-state index contributed by atoms with van der Waals surface area (Å²) in [6.07, 6.45) is 1.07. The fraction of sp³-hybridized carbons (Fsp3) is 0.333. The van der Waals surface area contributed by atoms with Gasteiger partial charge in [-0.1, -0.05) is 56.3 Å². The molecule has 104 valence electrons. The molecule has 0 saturated carbocycles. The van der Waals surface area contributed by atoms with Crippen molar-refractivity contribution in [3.63, 3.8) is 0 Å². The van der Waals surface area contributed by atoms with E-state index in [4.69, 9.17) is 0 Å². The Balaban J connectivity index is 1.82. The highest BCUT2D eigenvalue weighted by molar-refractivity contribution is 5.37. The predicted molar refractivity (Wildman–Crippen MR) is 79.9 cm³/mol. The van der Waals surface area contributed by atoms with Gasteiger partial charge >= 0.3 is 0 Å². The van der Waals surface area contributed by atoms with E-state index in [1.165, 1.54) is 17.2 Å². The van der Waals surface area contributed by atoms with E-state index in [9.17, 15) is 4.39 Å². The molecular formula is C18H20FN. The molecule has 0 fully saturated rings. The van der Waals surface area contributed by atoms with Gasteiger partial charge in [-0.3, -0.25) is 0 Å². The average Bonchev–Trinajstić information content (AvgIpc) is 2.68. The molecule has 0 spiro atoms. The second-order valence-electron chi connectivity index (χ2n) is 6.27. The van der Waals surface area contributed by atoms with Crippen LogP contribution in [0.2, 0.25) is 0 Å². The van der Waals surface area contributed by atoms with E-state index in [0.717, 1.165) is 12.0 Å². The van der Waals surface area contributed by atoms with Crippen LogP contribution in [-0.2, 0) is 13.0 Å². The molecule has 1 aliphatic rings. The Morgan fingerprint density at radius 3 is 2.60 bits per heavy atom. The van der Waals surface area contributed by atoms with Gasteiger partial charge in [0.05, 0.1) is 0 Å². The molecule has 2 aromatic rings. The monoisotopic (exact) mass is 269 g/mol. The van der Waals surface area contributed by atoms with Gasteiger partial charge in [0.25, 0.3) is 0 Å². The van der Waals surface area contributed by atoms with E-state index in [1.807, 2.05) is 12.1 Å². The van der Waals surface area contributed by atoms with Crippen molar-refractivity contribution >= 4 is 0 Å². The molecule has 20 heavy (non-hydrogen) atoms. The van der Waals surface area contributed by atoms with Crippen molar-refractivity contribution in [3.05, 3.63) is 71.0 Å². The van der Waals surface area contributed by atoms with E-state index in [-0.39, 0.29) is 17.3 Å². The molecule has 3 rings (SSSR count). The number of hydrogen-bond donors (Lipinski definition) is 1. The first-order chi connectivity index (χ1) is 9.58. The van der Waals surface area contributed by atoms with Crippen LogP contribution in [0.3, 0.4) is 0 Å². The summed E-state index contributed by atoms with van der Waals surface area (Å²) in [4.78, 5) is 0. The van der Waals surface area contributed by atoms with Crippen LogP contribution in [0.5, 0.6) is 0 Å². The van der Waals surface area contributed by atoms with Crippen LogP contribution in [0.15, 0.2) is 48.5 Å². The van der Waals surface area contributed by atoms with Crippen molar-refractivity contribution in [1.29, 1.82) is 0 Å². The van der Waals surface area contributed by atoms with Crippen molar-refractivity contribution < 1.29 is 4.39 Å². The van der Waals surface area contributed by atoms with Crippen molar-refractivity contribution in [2.75, 3.05) is 0 Å². The molecule has 2 heteroatoms. The SMILES string of the molecule is CC1(C)Cc2ccccc2C1NCc1ccccc1F. The molecule has 1 unspecified atom stereocenters. The number of hydrogen-bond acceptors (Lipinski definition) is 1. The summed E-state index contributed by atoms with van der Waals surface area (Å²) in [7, 11) is 0. The van der Waals surface area contributed by atoms with E-state index in [0.29, 0.717) is 6.54 Å². The third-order valence-electron chi connectivity index (χ3n) is 4.25. The minimum absolute atomic E-state index is 0.135. The number of halogens is 1. The molecule has 0 bridgehead atoms. The van der Waals surface area contributed by atoms with Gasteiger partial charge < -0.3 is 5.32 Å². The third kappa shape index (κ3) is 2.36. The summed E-state index contributed by atoms with van der Waals surface area (Å²) < 4.78 is 13.7. The molecule has 1 nitrogen and oxygen atoms in total. The molecule has 1 aliphatic carbocycles. The summed E-state index contributed by atoms with van der Waals surface area (Å²) in [5, 5.41) is 3.55. The molecule has 0 saturated heterocycles. The zero-order chi connectivity index (χ0) is 14.2. The maximum absolute atomic E-state index is 13.7. The van der Waals surface area contributed by atoms with E-state index in [1.54, 1.807) is 6.07 Å². The smallest absolute Gasteiger partial charge is 0.127 e. The van der Waals surface area contributed by atoms with E-state index < -0.39 is 0 Å². The Kier molecular flexibility index (Phi) is 3.35. The number of nitrogens with one attached hydrogen (secondary N) is 1. The third-order valence-corrected chi connectivity index (χ3v) is 4.25. The van der Waals surface area contributed by atoms with Crippen molar-refractivity contribution in [2.45, 2.75) is 32.9 Å². The van der Waals surface area contributed by atoms with Gasteiger partial charge in [-0.15, -0.1) is 0 Å². The fourth-order valence-corrected chi connectivity index (χ4v) is 3.23. The van der Waals surface area contributed by atoms with Gasteiger partial charge in [-0.05, 0) is 29.0 Å². The van der Waals surface area contributed by atoms with Gasteiger partial charge in [0.1, 0.15) is 5.82 Å². The van der Waals surface area contributed by atoms with Crippen LogP contribution in [0.1, 0.15) is 36.6 Å². The van der Waals surface area contributed by atoms with Crippen molar-refractivity contribution in [2.24, 2.45) is 5.41 Å². The summed E-state index contributed by atoms with van der Waals surface area (Å²) in [5.41, 5.74) is 3.65. The molecule has 1 N–H and O–H groups in total. The first-order valence-corrected chi connectivity index (χ1v) is 7.12. The first-order valence-electron chi connectivity index (χ1n) is 7.12. The summed E-state index contributed by atoms with van der Waals surface area (Å²) in [6, 6.07) is 15.8. The lowest BCUT2D eigenvalue weighted by Crippen LogP contribution is -2.31. The fourth-order valence-electron chi connectivity index (χ4n) is 3.23. The molecule has 0 radical (unpaired) electrons. The molecular weight excluding hydrogens is 249 g/mol. The summed E-state index contributed by atoms with van der Waals surface area (Å²) in [6.45, 7) is 5.10. The van der Waals surface area contributed by atoms with Crippen LogP contribution >= 0.6 is 0 Å². The molecule has 0 aromatic heterocycles. The van der Waals surface area contributed by atoms with E-state index in [2.05, 4.69) is 43.4 Å². The molecule has 2 aromatic carbocycles. The Morgan fingerprint density at radius 2 is 1.80 bits per heavy atom. The van der Waals surface area contributed by atoms with Crippen LogP contribution in [-0.4, -0.2) is 0 Å². The lowest BCUT2D eigenvalue weighted by atomic mass is 9.85. The first kappa shape index (κ1) is 13.3. The topological polar surface area (TPSA) is 12.0 Å². The largest absolute Gasteiger partial charge is 0.305 e. The zero-order valence-corrected chi connectivity index (χ0v) is 12.0. The standard InChI is InChI=1S/C18H20FN/c1-18(2)11-13-7-3-5-9-15(13)17(18)20-12-14-8-4-6-10-16(14)19/h3-10,17,20H,11-12H2,1-2H3. The highest BCUT2D eigenvalue weighted by atomic mass is 19.1. The second kappa shape index (κ2) is 5.02. The Morgan fingerprint density at radius 1 is 1.10 bits per heavy atom. The number of benzene rings is 2. The molecule has 1 atom stereocenters. The minimum atomic E-state index is -0.135. The lowest BCUT2D eigenvalue weighted by molar-refractivity contribution is 0.267. The average molecular weight is 269 g/mol. The van der Waals surface area contributed by atoms with Crippen molar-refractivity contribution in [1.82, 2.24) is 5.32 Å². The maximum Gasteiger partial charge on any atom is 0.127 e. The summed E-state index contributed by atoms with van der Waals surface area (Å²) >= 11 is 0. The molecule has 0 amide bonds. The van der Waals surface area contributed by atoms with Gasteiger partial charge in [0, 0.05) is 18.2 Å². The Labute approximate surface area is 119 Å². The highest BCUT2D eigenvalue weighted by Crippen LogP contribution is 2.45. The Bertz CT molecular complexity index is 618. The van der Waals surface area contributed by atoms with Gasteiger partial charge in [-0.2, -0.15) is 0 Å². The number of fused-ring (bicyclic) bond motifs is 1. The zero-order valence-electron chi connectivity index (χ0n) is 12.0. The second-order valence-corrected chi connectivity index (χ2v) is 6.27. The van der Waals surface area contributed by atoms with E-state index >= 15 is 0 Å². The van der Waals surface area contributed by atoms with Crippen LogP contribution < -0.4 is 5.32 Å². The van der Waals surface area contributed by atoms with Gasteiger partial charge in [-0.25, -0.2) is 4.39 Å². The predicted octanol–water partition coefficient (Wildman–Crippen LogP) is 4.24. The minimum Gasteiger partial charge on any atom is -0.305 e. The number of rotatable bonds is 3. The van der Waals surface area contributed by atoms with Crippen LogP contribution in [0, 0.1) is 11.2 Å². The highest BCUT2D eigenvalue weighted by Gasteiger charge is 2.38. The lowest BCUT2D eigenvalue weighted by Gasteiger charge is -2.29. The van der Waals surface area contributed by atoms with Crippen LogP contribution in [0.25, 0.3) is 0 Å². The normalized spacial score (nSPS) is 19.9. The Hall–Kier alpha value is -1.67. The van der Waals surface area contributed by atoms with Gasteiger partial charge in [0.2, 0.25) is 0 Å². The molecule has 0 heterocycles. The maximum atomic E-state index is 13.7. The van der Waals surface area contributed by atoms with Crippen molar-refractivity contribution in [3.8, 4) is 0 Å². The van der Waals surface area contributed by atoms with Crippen LogP contribution in [0.4, 0.5) is 4.39 Å². The quantitative estimate of drug-likeness (QED) is 0.879. The molecule has 0 aliphatic heterocycles. The van der Waals surface area contributed by atoms with Gasteiger partial charge in [0.15, 0.2) is 0 Å².